The van der Waals surface area contributed by atoms with E-state index in [0.29, 0.717) is 11.5 Å². The van der Waals surface area contributed by atoms with Gasteiger partial charge in [0.05, 0.1) is 0 Å². The van der Waals surface area contributed by atoms with Gasteiger partial charge < -0.3 is 23.5 Å². The van der Waals surface area contributed by atoms with Crippen molar-refractivity contribution in [2.75, 3.05) is 9.80 Å². The number of anilines is 4. The molecule has 1 aliphatic heterocycles. The van der Waals surface area contributed by atoms with Gasteiger partial charge in [0, 0.05) is 83.2 Å². The molecule has 13 rings (SSSR count). The first-order chi connectivity index (χ1) is 45.1. The largest absolute Gasteiger partial charge is 0.509 e. The van der Waals surface area contributed by atoms with Crippen molar-refractivity contribution in [2.45, 2.75) is 191 Å². The Bertz CT molecular complexity index is 4850. The summed E-state index contributed by atoms with van der Waals surface area (Å²) in [5, 5.41) is 4.15. The zero-order valence-electron chi connectivity index (χ0n) is 61.3. The maximum absolute atomic E-state index is 7.40. The molecule has 3 aromatic heterocycles. The number of furan rings is 1. The summed E-state index contributed by atoms with van der Waals surface area (Å²) in [6.07, 6.45) is 2.03. The van der Waals surface area contributed by atoms with Crippen LogP contribution in [0.4, 0.5) is 22.7 Å². The minimum atomic E-state index is -0.182. The standard InChI is InChI=1S/C90H97N4O2.Pt/c1-54(2)67-30-27-31-68(55(3)4)81(67)59-45-64(49-66(46-59)95-65-37-38-73-78(50-65)94(80-51-74(56(5)52-91-80)90(21,22)89(18,19)20)77-40-39-72-71-29-23-26-36-79(71)96-84(72)82(73)77)92-53-93(76-35-25-24-34-75(76)92)83-69(57-41-60(85(6,7)8)47-61(42-57)86(9,10)11)32-28-33-70(83)58-43-62(87(12,13)14)48-63(44-58)88(15,16)17;/h23-48,51-55H,1-22H3;/q-3;. The fourth-order valence-electron chi connectivity index (χ4n) is 14.1. The molecule has 0 amide bonds. The Kier molecular flexibility index (Phi) is 17.5. The maximum Gasteiger partial charge on any atom is 0.135 e. The van der Waals surface area contributed by atoms with E-state index in [1.807, 2.05) is 12.3 Å². The fourth-order valence-corrected chi connectivity index (χ4v) is 14.1. The summed E-state index contributed by atoms with van der Waals surface area (Å²) in [4.78, 5) is 10.0. The van der Waals surface area contributed by atoms with Crippen molar-refractivity contribution in [3.8, 4) is 50.7 Å². The molecule has 9 aromatic carbocycles. The van der Waals surface area contributed by atoms with E-state index >= 15 is 0 Å². The minimum absolute atomic E-state index is 0. The van der Waals surface area contributed by atoms with E-state index in [9.17, 15) is 0 Å². The quantitative estimate of drug-likeness (QED) is 0.121. The van der Waals surface area contributed by atoms with Crippen LogP contribution < -0.4 is 14.5 Å². The number of nitrogens with zero attached hydrogens (tertiary/aromatic N) is 4. The Morgan fingerprint density at radius 1 is 0.495 bits per heavy atom. The average Bonchev–Trinajstić information content (AvgIpc) is 1.57. The number of pyridine rings is 1. The molecule has 0 fully saturated rings. The van der Waals surface area contributed by atoms with Crippen molar-refractivity contribution in [1.82, 2.24) is 9.55 Å². The Morgan fingerprint density at radius 2 is 1.02 bits per heavy atom. The van der Waals surface area contributed by atoms with Crippen LogP contribution in [0.2, 0.25) is 0 Å². The Balaban J connectivity index is 0.00000897. The molecule has 0 unspecified atom stereocenters. The van der Waals surface area contributed by atoms with Gasteiger partial charge in [-0.25, -0.2) is 4.98 Å². The summed E-state index contributed by atoms with van der Waals surface area (Å²) in [7, 11) is 0. The third-order valence-electron chi connectivity index (χ3n) is 20.9. The molecule has 97 heavy (non-hydrogen) atoms. The van der Waals surface area contributed by atoms with E-state index in [-0.39, 0.29) is 65.4 Å². The van der Waals surface area contributed by atoms with Crippen LogP contribution in [0.25, 0.3) is 82.9 Å². The van der Waals surface area contributed by atoms with Gasteiger partial charge in [0.1, 0.15) is 17.0 Å². The predicted molar refractivity (Wildman–Crippen MR) is 408 cm³/mol. The number of benzene rings is 9. The molecule has 0 saturated carbocycles. The van der Waals surface area contributed by atoms with Crippen molar-refractivity contribution >= 4 is 66.5 Å². The van der Waals surface area contributed by atoms with E-state index in [4.69, 9.17) is 14.1 Å². The predicted octanol–water partition coefficient (Wildman–Crippen LogP) is 25.9. The summed E-state index contributed by atoms with van der Waals surface area (Å²) >= 11 is 0. The smallest absolute Gasteiger partial charge is 0.135 e. The van der Waals surface area contributed by atoms with Gasteiger partial charge in [0.25, 0.3) is 0 Å². The zero-order valence-corrected chi connectivity index (χ0v) is 63.6. The van der Waals surface area contributed by atoms with E-state index in [2.05, 4.69) is 343 Å². The number of fused-ring (bicyclic) bond motifs is 8. The van der Waals surface area contributed by atoms with Crippen LogP contribution in [0.3, 0.4) is 0 Å². The van der Waals surface area contributed by atoms with Crippen LogP contribution in [-0.2, 0) is 48.1 Å². The topological polar surface area (TPSA) is 46.7 Å². The molecule has 0 saturated heterocycles. The normalized spacial score (nSPS) is 13.5. The zero-order chi connectivity index (χ0) is 68.7. The molecule has 0 radical (unpaired) electrons. The van der Waals surface area contributed by atoms with Crippen molar-refractivity contribution < 1.29 is 30.2 Å². The summed E-state index contributed by atoms with van der Waals surface area (Å²) in [6.45, 7) is 53.3. The molecule has 0 atom stereocenters. The number of aromatic nitrogens is 2. The van der Waals surface area contributed by atoms with Gasteiger partial charge in [-0.3, -0.25) is 0 Å². The van der Waals surface area contributed by atoms with Crippen LogP contribution in [0.5, 0.6) is 11.5 Å². The molecule has 7 heteroatoms. The molecule has 0 bridgehead atoms. The molecule has 0 spiro atoms. The van der Waals surface area contributed by atoms with Crippen LogP contribution >= 0.6 is 0 Å². The number of hydrogen-bond acceptors (Lipinski definition) is 5. The van der Waals surface area contributed by atoms with Crippen molar-refractivity contribution in [3.63, 3.8) is 0 Å². The molecule has 12 aromatic rings. The SMILES string of the molecule is Cc1cnc(-n2c3[c-]c(Oc4[c-]c(N5[CH-]N(c6c(-c7cc(C(C)(C)C)cc(C(C)(C)C)c7)cccc6-c6cc(C(C)(C)C)cc(C(C)(C)C)c6)c6ccccc65)cc(-c5c(C(C)C)cccc5C(C)C)c4)ccc3c3c4oc5ccccc5c4ccc32)cc1C(C)(C)C(C)(C)C.[Pt]. The molecule has 502 valence electrons. The maximum atomic E-state index is 7.40. The van der Waals surface area contributed by atoms with Gasteiger partial charge in [0.2, 0.25) is 0 Å². The first-order valence-electron chi connectivity index (χ1n) is 34.7. The molecule has 1 aliphatic rings. The van der Waals surface area contributed by atoms with E-state index < -0.39 is 0 Å². The van der Waals surface area contributed by atoms with Crippen molar-refractivity contribution in [3.05, 3.63) is 233 Å². The Hall–Kier alpha value is -8.18. The van der Waals surface area contributed by atoms with Crippen LogP contribution in [-0.4, -0.2) is 9.55 Å². The second-order valence-electron chi connectivity index (χ2n) is 33.6. The van der Waals surface area contributed by atoms with Gasteiger partial charge in [0.15, 0.2) is 0 Å². The Labute approximate surface area is 592 Å². The van der Waals surface area contributed by atoms with Gasteiger partial charge >= 0.3 is 0 Å². The summed E-state index contributed by atoms with van der Waals surface area (Å²) in [5.41, 5.74) is 24.1. The van der Waals surface area contributed by atoms with Crippen LogP contribution in [0.15, 0.2) is 174 Å². The van der Waals surface area contributed by atoms with E-state index in [1.54, 1.807) is 0 Å². The third-order valence-corrected chi connectivity index (χ3v) is 20.9. The van der Waals surface area contributed by atoms with Crippen LogP contribution in [0, 0.1) is 31.1 Å². The van der Waals surface area contributed by atoms with Gasteiger partial charge in [-0.15, -0.1) is 48.3 Å². The molecule has 0 N–H and O–H groups in total. The number of aryl methyl sites for hydroxylation is 1. The Morgan fingerprint density at radius 3 is 1.57 bits per heavy atom. The van der Waals surface area contributed by atoms with Gasteiger partial charge in [-0.1, -0.05) is 259 Å². The number of para-hydroxylation sites is 4. The fraction of sp³-hybridized carbons (Fsp3) is 0.333. The monoisotopic (exact) mass is 1460 g/mol. The van der Waals surface area contributed by atoms with Crippen molar-refractivity contribution in [1.29, 1.82) is 0 Å². The molecular weight excluding hydrogens is 1360 g/mol. The van der Waals surface area contributed by atoms with E-state index in [1.165, 1.54) is 55.6 Å². The summed E-state index contributed by atoms with van der Waals surface area (Å²) in [5.74, 6) is 2.42. The molecule has 6 nitrogen and oxygen atoms in total. The first-order valence-corrected chi connectivity index (χ1v) is 34.7. The average molecular weight is 1460 g/mol. The second-order valence-corrected chi connectivity index (χ2v) is 33.6. The number of hydrogen-bond donors (Lipinski definition) is 0. The first kappa shape index (κ1) is 68.7. The molecular formula is C90H97N4O2Pt-3. The number of rotatable bonds is 11. The number of ether oxygens (including phenoxy) is 1. The summed E-state index contributed by atoms with van der Waals surface area (Å²) < 4.78 is 16.5. The van der Waals surface area contributed by atoms with E-state index in [0.717, 1.165) is 94.6 Å². The summed E-state index contributed by atoms with van der Waals surface area (Å²) in [6, 6.07) is 68.9. The van der Waals surface area contributed by atoms with Crippen LogP contribution in [0.1, 0.15) is 202 Å². The second kappa shape index (κ2) is 24.7. The third kappa shape index (κ3) is 12.5. The van der Waals surface area contributed by atoms with Gasteiger partial charge in [-0.05, 0) is 154 Å². The van der Waals surface area contributed by atoms with Gasteiger partial charge in [-0.2, -0.15) is 6.07 Å². The van der Waals surface area contributed by atoms with Crippen molar-refractivity contribution in [2.24, 2.45) is 5.41 Å². The molecule has 0 aliphatic carbocycles. The molecule has 4 heterocycles. The minimum Gasteiger partial charge on any atom is -0.509 e.